The maximum absolute atomic E-state index is 9.89. The molecular weight excluding hydrogens is 271 g/mol. The number of fused-ring (bicyclic) bond motifs is 3. The molecule has 2 N–H and O–H groups in total. The van der Waals surface area contributed by atoms with Gasteiger partial charge in [0.15, 0.2) is 0 Å². The van der Waals surface area contributed by atoms with Gasteiger partial charge in [-0.25, -0.2) is 0 Å². The summed E-state index contributed by atoms with van der Waals surface area (Å²) in [6.45, 7) is 4.41. The summed E-state index contributed by atoms with van der Waals surface area (Å²) < 4.78 is 0. The van der Waals surface area contributed by atoms with Crippen LogP contribution in [-0.4, -0.2) is 17.2 Å². The second-order valence-electron chi connectivity index (χ2n) is 6.27. The number of hydrogen-bond donors (Lipinski definition) is 2. The fraction of sp³-hybridized carbons (Fsp3) is 0.368. The summed E-state index contributed by atoms with van der Waals surface area (Å²) in [7, 11) is -1.42. The van der Waals surface area contributed by atoms with Gasteiger partial charge in [-0.3, -0.25) is 0 Å². The average Bonchev–Trinajstić information content (AvgIpc) is 2.79. The normalized spacial score (nSPS) is 14.5. The molecule has 0 amide bonds. The van der Waals surface area contributed by atoms with Crippen LogP contribution in [0.25, 0.3) is 11.1 Å². The summed E-state index contributed by atoms with van der Waals surface area (Å²) in [4.78, 5) is 0. The average molecular weight is 294 g/mol. The van der Waals surface area contributed by atoms with Gasteiger partial charge in [0.1, 0.15) is 0 Å². The lowest BCUT2D eigenvalue weighted by atomic mass is 9.64. The Morgan fingerprint density at radius 1 is 0.864 bits per heavy atom. The van der Waals surface area contributed by atoms with E-state index in [0.29, 0.717) is 5.46 Å². The van der Waals surface area contributed by atoms with Crippen LogP contribution >= 0.6 is 0 Å². The number of rotatable bonds is 5. The Labute approximate surface area is 133 Å². The van der Waals surface area contributed by atoms with Crippen molar-refractivity contribution in [1.29, 1.82) is 0 Å². The second kappa shape index (κ2) is 5.90. The molecule has 114 valence electrons. The molecule has 2 aromatic rings. The first kappa shape index (κ1) is 15.3. The molecule has 0 bridgehead atoms. The second-order valence-corrected chi connectivity index (χ2v) is 6.27. The third-order valence-electron chi connectivity index (χ3n) is 4.94. The van der Waals surface area contributed by atoms with Crippen LogP contribution in [0.15, 0.2) is 42.5 Å². The highest BCUT2D eigenvalue weighted by molar-refractivity contribution is 6.59. The summed E-state index contributed by atoms with van der Waals surface area (Å²) in [6.07, 6.45) is 4.22. The van der Waals surface area contributed by atoms with Crippen LogP contribution in [-0.2, 0) is 5.41 Å². The predicted molar refractivity (Wildman–Crippen MR) is 92.3 cm³/mol. The summed E-state index contributed by atoms with van der Waals surface area (Å²) in [5, 5.41) is 19.8. The minimum Gasteiger partial charge on any atom is -0.423 e. The molecule has 2 nitrogen and oxygen atoms in total. The van der Waals surface area contributed by atoms with Crippen molar-refractivity contribution in [2.75, 3.05) is 0 Å². The van der Waals surface area contributed by atoms with Gasteiger partial charge in [0, 0.05) is 5.41 Å². The van der Waals surface area contributed by atoms with E-state index in [9.17, 15) is 10.0 Å². The van der Waals surface area contributed by atoms with Gasteiger partial charge in [0.2, 0.25) is 0 Å². The van der Waals surface area contributed by atoms with Crippen LogP contribution < -0.4 is 5.46 Å². The molecule has 0 aromatic heterocycles. The highest BCUT2D eigenvalue weighted by Crippen LogP contribution is 2.52. The summed E-state index contributed by atoms with van der Waals surface area (Å²) in [6, 6.07) is 14.4. The SMILES string of the molecule is CCCC1(CCC)c2ccccc2-c2cccc(B(O)O)c21. The molecule has 3 rings (SSSR count). The zero-order chi connectivity index (χ0) is 15.7. The van der Waals surface area contributed by atoms with E-state index in [2.05, 4.69) is 44.2 Å². The maximum Gasteiger partial charge on any atom is 0.488 e. The van der Waals surface area contributed by atoms with Gasteiger partial charge in [0.05, 0.1) is 0 Å². The zero-order valence-electron chi connectivity index (χ0n) is 13.3. The smallest absolute Gasteiger partial charge is 0.423 e. The first-order valence-electron chi connectivity index (χ1n) is 8.25. The Morgan fingerprint density at radius 3 is 2.14 bits per heavy atom. The lowest BCUT2D eigenvalue weighted by molar-refractivity contribution is 0.416. The molecule has 0 spiro atoms. The molecule has 3 heteroatoms. The highest BCUT2D eigenvalue weighted by atomic mass is 16.4. The van der Waals surface area contributed by atoms with Crippen LogP contribution in [0.5, 0.6) is 0 Å². The van der Waals surface area contributed by atoms with Crippen molar-refractivity contribution in [2.45, 2.75) is 44.9 Å². The van der Waals surface area contributed by atoms with Gasteiger partial charge in [-0.15, -0.1) is 0 Å². The Hall–Kier alpha value is -1.58. The number of hydrogen-bond acceptors (Lipinski definition) is 2. The molecule has 1 aliphatic carbocycles. The Balaban J connectivity index is 2.35. The van der Waals surface area contributed by atoms with Gasteiger partial charge < -0.3 is 10.0 Å². The van der Waals surface area contributed by atoms with Crippen LogP contribution in [0.4, 0.5) is 0 Å². The van der Waals surface area contributed by atoms with Crippen LogP contribution in [0.2, 0.25) is 0 Å². The molecule has 2 aromatic carbocycles. The summed E-state index contributed by atoms with van der Waals surface area (Å²) >= 11 is 0. The molecule has 0 saturated heterocycles. The van der Waals surface area contributed by atoms with E-state index >= 15 is 0 Å². The van der Waals surface area contributed by atoms with Crippen LogP contribution in [0, 0.1) is 0 Å². The fourth-order valence-electron chi connectivity index (χ4n) is 4.31. The highest BCUT2D eigenvalue weighted by Gasteiger charge is 2.44. The van der Waals surface area contributed by atoms with E-state index in [1.54, 1.807) is 0 Å². The summed E-state index contributed by atoms with van der Waals surface area (Å²) in [5.41, 5.74) is 5.48. The summed E-state index contributed by atoms with van der Waals surface area (Å²) in [5.74, 6) is 0. The first-order valence-corrected chi connectivity index (χ1v) is 8.25. The first-order chi connectivity index (χ1) is 10.7. The van der Waals surface area contributed by atoms with Crippen molar-refractivity contribution in [3.05, 3.63) is 53.6 Å². The van der Waals surface area contributed by atoms with Crippen LogP contribution in [0.3, 0.4) is 0 Å². The molecule has 0 heterocycles. The van der Waals surface area contributed by atoms with Gasteiger partial charge in [-0.1, -0.05) is 69.2 Å². The van der Waals surface area contributed by atoms with Gasteiger partial charge >= 0.3 is 7.12 Å². The minimum atomic E-state index is -1.42. The molecular formula is C19H23BO2. The molecule has 0 radical (unpaired) electrons. The number of benzene rings is 2. The standard InChI is InChI=1S/C19H23BO2/c1-3-12-19(13-4-2)16-10-6-5-8-14(16)15-9-7-11-17(18(15)19)20(21)22/h5-11,21-22H,3-4,12-13H2,1-2H3. The van der Waals surface area contributed by atoms with E-state index in [4.69, 9.17) is 0 Å². The van der Waals surface area contributed by atoms with E-state index in [1.165, 1.54) is 16.7 Å². The predicted octanol–water partition coefficient (Wildman–Crippen LogP) is 3.23. The van der Waals surface area contributed by atoms with Crippen molar-refractivity contribution in [2.24, 2.45) is 0 Å². The lowest BCUT2D eigenvalue weighted by Crippen LogP contribution is -2.39. The minimum absolute atomic E-state index is 0.0876. The third kappa shape index (κ3) is 2.12. The van der Waals surface area contributed by atoms with Gasteiger partial charge in [0.25, 0.3) is 0 Å². The molecule has 1 aliphatic rings. The van der Waals surface area contributed by atoms with Gasteiger partial charge in [-0.2, -0.15) is 0 Å². The maximum atomic E-state index is 9.89. The monoisotopic (exact) mass is 294 g/mol. The molecule has 0 aliphatic heterocycles. The largest absolute Gasteiger partial charge is 0.488 e. The van der Waals surface area contributed by atoms with E-state index < -0.39 is 7.12 Å². The third-order valence-corrected chi connectivity index (χ3v) is 4.94. The van der Waals surface area contributed by atoms with Gasteiger partial charge in [-0.05, 0) is 40.6 Å². The molecule has 22 heavy (non-hydrogen) atoms. The van der Waals surface area contributed by atoms with Crippen molar-refractivity contribution in [3.63, 3.8) is 0 Å². The van der Waals surface area contributed by atoms with Crippen molar-refractivity contribution < 1.29 is 10.0 Å². The van der Waals surface area contributed by atoms with Crippen LogP contribution in [0.1, 0.15) is 50.7 Å². The molecule has 0 atom stereocenters. The zero-order valence-corrected chi connectivity index (χ0v) is 13.3. The van der Waals surface area contributed by atoms with Crippen molar-refractivity contribution in [3.8, 4) is 11.1 Å². The quantitative estimate of drug-likeness (QED) is 0.831. The van der Waals surface area contributed by atoms with E-state index in [0.717, 1.165) is 31.2 Å². The lowest BCUT2D eigenvalue weighted by Gasteiger charge is -2.33. The van der Waals surface area contributed by atoms with E-state index in [-0.39, 0.29) is 5.41 Å². The van der Waals surface area contributed by atoms with Crippen molar-refractivity contribution in [1.82, 2.24) is 0 Å². The fourth-order valence-corrected chi connectivity index (χ4v) is 4.31. The Kier molecular flexibility index (Phi) is 4.11. The van der Waals surface area contributed by atoms with Crippen molar-refractivity contribution >= 4 is 12.6 Å². The Bertz CT molecular complexity index is 673. The molecule has 0 fully saturated rings. The Morgan fingerprint density at radius 2 is 1.50 bits per heavy atom. The topological polar surface area (TPSA) is 40.5 Å². The molecule has 0 unspecified atom stereocenters. The van der Waals surface area contributed by atoms with E-state index in [1.807, 2.05) is 12.1 Å². The molecule has 0 saturated carbocycles.